The van der Waals surface area contributed by atoms with E-state index in [-0.39, 0.29) is 6.54 Å². The number of benzene rings is 2. The fourth-order valence-electron chi connectivity index (χ4n) is 2.29. The van der Waals surface area contributed by atoms with E-state index in [9.17, 15) is 4.79 Å². The second-order valence-corrected chi connectivity index (χ2v) is 5.09. The third-order valence-corrected chi connectivity index (χ3v) is 3.37. The molecule has 0 aliphatic heterocycles. The van der Waals surface area contributed by atoms with Crippen molar-refractivity contribution in [1.82, 2.24) is 9.78 Å². The molecule has 3 rings (SSSR count). The van der Waals surface area contributed by atoms with Gasteiger partial charge in [0.2, 0.25) is 0 Å². The van der Waals surface area contributed by atoms with E-state index >= 15 is 0 Å². The van der Waals surface area contributed by atoms with Crippen LogP contribution >= 0.6 is 0 Å². The molecule has 1 N–H and O–H groups in total. The molecule has 5 heteroatoms. The second kappa shape index (κ2) is 6.79. The van der Waals surface area contributed by atoms with Gasteiger partial charge in [0.05, 0.1) is 6.20 Å². The number of hydrogen-bond donors (Lipinski definition) is 1. The number of nitrogens with zero attached hydrogens (tertiary/aromatic N) is 2. The number of hydrogen-bond acceptors (Lipinski definition) is 3. The minimum absolute atomic E-state index is 0.160. The number of rotatable bonds is 6. The van der Waals surface area contributed by atoms with Gasteiger partial charge in [0.1, 0.15) is 18.9 Å². The molecule has 0 spiro atoms. The largest absolute Gasteiger partial charge is 0.488 e. The minimum atomic E-state index is -0.923. The van der Waals surface area contributed by atoms with Gasteiger partial charge in [-0.3, -0.25) is 9.48 Å². The van der Waals surface area contributed by atoms with Gasteiger partial charge in [-0.25, -0.2) is 0 Å². The van der Waals surface area contributed by atoms with Gasteiger partial charge in [0.25, 0.3) is 0 Å². The summed E-state index contributed by atoms with van der Waals surface area (Å²) in [6, 6.07) is 17.6. The van der Waals surface area contributed by atoms with Gasteiger partial charge in [-0.15, -0.1) is 0 Å². The maximum Gasteiger partial charge on any atom is 0.325 e. The van der Waals surface area contributed by atoms with Crippen LogP contribution in [0.5, 0.6) is 5.75 Å². The van der Waals surface area contributed by atoms with Crippen LogP contribution in [0.15, 0.2) is 67.0 Å². The van der Waals surface area contributed by atoms with Crippen molar-refractivity contribution in [1.29, 1.82) is 0 Å². The Labute approximate surface area is 133 Å². The normalized spacial score (nSPS) is 10.4. The average Bonchev–Trinajstić information content (AvgIpc) is 3.02. The maximum atomic E-state index is 10.8. The first-order valence-corrected chi connectivity index (χ1v) is 7.23. The lowest BCUT2D eigenvalue weighted by molar-refractivity contribution is -0.137. The van der Waals surface area contributed by atoms with Crippen molar-refractivity contribution in [2.75, 3.05) is 0 Å². The Balaban J connectivity index is 1.80. The standard InChI is InChI=1S/C18H16N2O3/c21-18(22)12-20-11-15(10-19-20)16-8-4-5-9-17(16)23-13-14-6-2-1-3-7-14/h1-11H,12-13H2,(H,21,22). The van der Waals surface area contributed by atoms with Crippen molar-refractivity contribution < 1.29 is 14.6 Å². The molecule has 5 nitrogen and oxygen atoms in total. The molecule has 0 aliphatic rings. The Morgan fingerprint density at radius 2 is 1.83 bits per heavy atom. The summed E-state index contributed by atoms with van der Waals surface area (Å²) in [4.78, 5) is 10.8. The van der Waals surface area contributed by atoms with E-state index in [2.05, 4.69) is 5.10 Å². The summed E-state index contributed by atoms with van der Waals surface area (Å²) < 4.78 is 7.31. The Hall–Kier alpha value is -3.08. The van der Waals surface area contributed by atoms with E-state index < -0.39 is 5.97 Å². The zero-order valence-corrected chi connectivity index (χ0v) is 12.4. The summed E-state index contributed by atoms with van der Waals surface area (Å²) >= 11 is 0. The van der Waals surface area contributed by atoms with E-state index in [1.54, 1.807) is 12.4 Å². The topological polar surface area (TPSA) is 64.3 Å². The number of carboxylic acid groups (broad SMARTS) is 1. The first kappa shape index (κ1) is 14.8. The molecule has 0 saturated carbocycles. The molecule has 1 aromatic heterocycles. The zero-order chi connectivity index (χ0) is 16.1. The first-order valence-electron chi connectivity index (χ1n) is 7.23. The molecule has 0 unspecified atom stereocenters. The van der Waals surface area contributed by atoms with E-state index in [0.717, 1.165) is 22.4 Å². The number of ether oxygens (including phenoxy) is 1. The summed E-state index contributed by atoms with van der Waals surface area (Å²) in [5.74, 6) is -0.181. The molecule has 116 valence electrons. The van der Waals surface area contributed by atoms with Crippen LogP contribution < -0.4 is 4.74 Å². The van der Waals surface area contributed by atoms with Crippen LogP contribution in [0.25, 0.3) is 11.1 Å². The Bertz CT molecular complexity index is 797. The fourth-order valence-corrected chi connectivity index (χ4v) is 2.29. The second-order valence-electron chi connectivity index (χ2n) is 5.09. The average molecular weight is 308 g/mol. The number of carbonyl (C=O) groups is 1. The third-order valence-electron chi connectivity index (χ3n) is 3.37. The third kappa shape index (κ3) is 3.77. The van der Waals surface area contributed by atoms with E-state index in [0.29, 0.717) is 6.61 Å². The van der Waals surface area contributed by atoms with Gasteiger partial charge < -0.3 is 9.84 Å². The van der Waals surface area contributed by atoms with Gasteiger partial charge in [0.15, 0.2) is 0 Å². The fraction of sp³-hybridized carbons (Fsp3) is 0.111. The first-order chi connectivity index (χ1) is 11.2. The maximum absolute atomic E-state index is 10.8. The molecule has 0 aliphatic carbocycles. The Kier molecular flexibility index (Phi) is 4.38. The van der Waals surface area contributed by atoms with Crippen molar-refractivity contribution in [3.8, 4) is 16.9 Å². The quantitative estimate of drug-likeness (QED) is 0.759. The van der Waals surface area contributed by atoms with E-state index in [1.807, 2.05) is 54.6 Å². The lowest BCUT2D eigenvalue weighted by atomic mass is 10.1. The molecule has 2 aromatic carbocycles. The summed E-state index contributed by atoms with van der Waals surface area (Å²) in [7, 11) is 0. The zero-order valence-electron chi connectivity index (χ0n) is 12.4. The highest BCUT2D eigenvalue weighted by Crippen LogP contribution is 2.30. The lowest BCUT2D eigenvalue weighted by Gasteiger charge is -2.10. The van der Waals surface area contributed by atoms with Crippen LogP contribution in [0.1, 0.15) is 5.56 Å². The summed E-state index contributed by atoms with van der Waals surface area (Å²) in [6.07, 6.45) is 3.35. The van der Waals surface area contributed by atoms with Crippen LogP contribution in [-0.2, 0) is 17.9 Å². The van der Waals surface area contributed by atoms with Gasteiger partial charge in [-0.2, -0.15) is 5.10 Å². The molecule has 0 saturated heterocycles. The molecule has 0 fully saturated rings. The highest BCUT2D eigenvalue weighted by molar-refractivity contribution is 5.70. The Morgan fingerprint density at radius 3 is 2.61 bits per heavy atom. The van der Waals surface area contributed by atoms with Crippen molar-refractivity contribution in [2.45, 2.75) is 13.2 Å². The van der Waals surface area contributed by atoms with Crippen molar-refractivity contribution in [2.24, 2.45) is 0 Å². The van der Waals surface area contributed by atoms with Crippen molar-refractivity contribution >= 4 is 5.97 Å². The molecule has 0 radical (unpaired) electrons. The van der Waals surface area contributed by atoms with Crippen molar-refractivity contribution in [3.63, 3.8) is 0 Å². The number of para-hydroxylation sites is 1. The highest BCUT2D eigenvalue weighted by Gasteiger charge is 2.09. The summed E-state index contributed by atoms with van der Waals surface area (Å²) in [5.41, 5.74) is 2.80. The van der Waals surface area contributed by atoms with Crippen LogP contribution in [0.4, 0.5) is 0 Å². The van der Waals surface area contributed by atoms with Gasteiger partial charge in [-0.05, 0) is 11.6 Å². The molecule has 23 heavy (non-hydrogen) atoms. The molecule has 0 atom stereocenters. The Morgan fingerprint density at radius 1 is 1.09 bits per heavy atom. The number of carboxylic acids is 1. The molecule has 1 heterocycles. The van der Waals surface area contributed by atoms with E-state index in [1.165, 1.54) is 4.68 Å². The molecule has 0 amide bonds. The summed E-state index contributed by atoms with van der Waals surface area (Å²) in [6.45, 7) is 0.314. The minimum Gasteiger partial charge on any atom is -0.488 e. The molecule has 0 bridgehead atoms. The van der Waals surface area contributed by atoms with E-state index in [4.69, 9.17) is 9.84 Å². The lowest BCUT2D eigenvalue weighted by Crippen LogP contribution is -2.08. The predicted octanol–water partition coefficient (Wildman–Crippen LogP) is 3.21. The van der Waals surface area contributed by atoms with Gasteiger partial charge in [-0.1, -0.05) is 48.5 Å². The van der Waals surface area contributed by atoms with Crippen LogP contribution in [-0.4, -0.2) is 20.9 Å². The predicted molar refractivity (Wildman–Crippen MR) is 86.1 cm³/mol. The summed E-state index contributed by atoms with van der Waals surface area (Å²) in [5, 5.41) is 12.9. The number of aliphatic carboxylic acids is 1. The smallest absolute Gasteiger partial charge is 0.325 e. The monoisotopic (exact) mass is 308 g/mol. The van der Waals surface area contributed by atoms with Gasteiger partial charge >= 0.3 is 5.97 Å². The molecular formula is C18H16N2O3. The van der Waals surface area contributed by atoms with Gasteiger partial charge in [0, 0.05) is 17.3 Å². The highest BCUT2D eigenvalue weighted by atomic mass is 16.5. The van der Waals surface area contributed by atoms with Crippen LogP contribution in [0.3, 0.4) is 0 Å². The molecular weight excluding hydrogens is 292 g/mol. The SMILES string of the molecule is O=C(O)Cn1cc(-c2ccccc2OCc2ccccc2)cn1. The van der Waals surface area contributed by atoms with Crippen LogP contribution in [0, 0.1) is 0 Å². The number of aromatic nitrogens is 2. The van der Waals surface area contributed by atoms with Crippen LogP contribution in [0.2, 0.25) is 0 Å². The van der Waals surface area contributed by atoms with Crippen molar-refractivity contribution in [3.05, 3.63) is 72.6 Å². The molecule has 3 aromatic rings.